The summed E-state index contributed by atoms with van der Waals surface area (Å²) < 4.78 is 0. The van der Waals surface area contributed by atoms with Crippen molar-refractivity contribution in [3.63, 3.8) is 0 Å². The number of aliphatic carboxylic acids is 1. The van der Waals surface area contributed by atoms with Crippen molar-refractivity contribution in [3.05, 3.63) is 144 Å². The summed E-state index contributed by atoms with van der Waals surface area (Å²) in [5.41, 5.74) is -0.0993. The highest BCUT2D eigenvalue weighted by Gasteiger charge is 2.55. The maximum absolute atomic E-state index is 14.3. The highest BCUT2D eigenvalue weighted by atomic mass is 16.4. The molecule has 0 aromatic heterocycles. The van der Waals surface area contributed by atoms with Crippen LogP contribution in [0.3, 0.4) is 0 Å². The van der Waals surface area contributed by atoms with Crippen LogP contribution in [0.1, 0.15) is 74.4 Å². The van der Waals surface area contributed by atoms with Crippen molar-refractivity contribution in [2.45, 2.75) is 52.1 Å². The van der Waals surface area contributed by atoms with Crippen LogP contribution in [-0.4, -0.2) is 22.9 Å². The molecule has 1 aliphatic carbocycles. The number of hydrogen-bond acceptors (Lipinski definition) is 4. The molecule has 2 N–H and O–H groups in total. The Labute approximate surface area is 259 Å². The summed E-state index contributed by atoms with van der Waals surface area (Å²) in [6.07, 6.45) is 0.350. The lowest BCUT2D eigenvalue weighted by Gasteiger charge is -2.52. The van der Waals surface area contributed by atoms with Gasteiger partial charge in [-0.1, -0.05) is 135 Å². The number of amides is 1. The smallest absolute Gasteiger partial charge is 0.309 e. The molecule has 0 saturated heterocycles. The Morgan fingerprint density at radius 2 is 1.00 bits per heavy atom. The fourth-order valence-electron chi connectivity index (χ4n) is 7.07. The van der Waals surface area contributed by atoms with E-state index in [2.05, 4.69) is 5.32 Å². The molecule has 1 unspecified atom stereocenters. The van der Waals surface area contributed by atoms with Gasteiger partial charge in [0.2, 0.25) is 5.91 Å². The fraction of sp³-hybridized carbons (Fsp3) is 0.289. The zero-order chi connectivity index (χ0) is 31.4. The second-order valence-corrected chi connectivity index (χ2v) is 12.9. The van der Waals surface area contributed by atoms with E-state index >= 15 is 0 Å². The number of carbonyl (C=O) groups excluding carboxylic acids is 1. The molecular formula is C38H39N2O4-. The summed E-state index contributed by atoms with van der Waals surface area (Å²) in [6.45, 7) is 5.19. The number of rotatable bonds is 9. The van der Waals surface area contributed by atoms with Gasteiger partial charge in [0.15, 0.2) is 0 Å². The third-order valence-electron chi connectivity index (χ3n) is 8.94. The van der Waals surface area contributed by atoms with E-state index in [1.165, 1.54) is 0 Å². The highest BCUT2D eigenvalue weighted by molar-refractivity contribution is 5.88. The van der Waals surface area contributed by atoms with Crippen molar-refractivity contribution >= 4 is 17.8 Å². The van der Waals surface area contributed by atoms with Crippen molar-refractivity contribution < 1.29 is 19.8 Å². The lowest BCUT2D eigenvalue weighted by atomic mass is 9.54. The number of carboxylic acid groups (broad SMARTS) is 1. The number of nitrogens with zero attached hydrogens (tertiary/aromatic N) is 1. The molecule has 44 heavy (non-hydrogen) atoms. The SMILES string of the molecule is CC1(C(=O)O)C[C@@](C)(C(=O)NC(c2ccccc2)c2ccccc2)C[C@](C)(C([O-])=NC(c2ccccc2)c2ccccc2)C1. The molecule has 0 spiro atoms. The molecule has 0 aliphatic heterocycles. The van der Waals surface area contributed by atoms with E-state index < -0.39 is 40.2 Å². The van der Waals surface area contributed by atoms with Gasteiger partial charge in [-0.05, 0) is 59.8 Å². The molecule has 0 heterocycles. The lowest BCUT2D eigenvalue weighted by molar-refractivity contribution is -0.237. The van der Waals surface area contributed by atoms with Gasteiger partial charge in [-0.3, -0.25) is 14.6 Å². The summed E-state index contributed by atoms with van der Waals surface area (Å²) in [5, 5.41) is 27.9. The number of aliphatic imine (C=N–C) groups is 1. The van der Waals surface area contributed by atoms with Gasteiger partial charge >= 0.3 is 5.97 Å². The molecule has 1 amide bonds. The molecule has 0 radical (unpaired) electrons. The fourth-order valence-corrected chi connectivity index (χ4v) is 7.07. The first-order chi connectivity index (χ1) is 21.0. The Bertz CT molecular complexity index is 1530. The Kier molecular flexibility index (Phi) is 8.73. The summed E-state index contributed by atoms with van der Waals surface area (Å²) in [7, 11) is 0. The van der Waals surface area contributed by atoms with Crippen LogP contribution >= 0.6 is 0 Å². The zero-order valence-electron chi connectivity index (χ0n) is 25.4. The van der Waals surface area contributed by atoms with Crippen molar-refractivity contribution in [1.29, 1.82) is 0 Å². The lowest BCUT2D eigenvalue weighted by Crippen LogP contribution is -2.56. The maximum Gasteiger partial charge on any atom is 0.309 e. The summed E-state index contributed by atoms with van der Waals surface area (Å²) in [5.74, 6) is -1.71. The molecule has 226 valence electrons. The van der Waals surface area contributed by atoms with Crippen LogP contribution in [0, 0.1) is 16.2 Å². The van der Waals surface area contributed by atoms with Gasteiger partial charge in [0.1, 0.15) is 0 Å². The van der Waals surface area contributed by atoms with Crippen LogP contribution in [0.15, 0.2) is 126 Å². The minimum absolute atomic E-state index is 0.0810. The van der Waals surface area contributed by atoms with Gasteiger partial charge in [-0.25, -0.2) is 0 Å². The van der Waals surface area contributed by atoms with Crippen molar-refractivity contribution in [3.8, 4) is 0 Å². The predicted octanol–water partition coefficient (Wildman–Crippen LogP) is 6.73. The largest absolute Gasteiger partial charge is 0.862 e. The second-order valence-electron chi connectivity index (χ2n) is 12.9. The standard InChI is InChI=1S/C38H40N2O4/c1-36(33(41)39-31(27-16-8-4-9-17-27)28-18-10-5-11-19-28)24-37(2,26-38(3,25-36)35(43)44)34(42)40-32(29-20-12-6-13-21-29)30-22-14-7-15-23-30/h4-23,31-32H,24-26H2,1-3H3,(H,39,41)(H,40,42)(H,43,44)/p-1/t36-,37-/m0/s1. The second kappa shape index (κ2) is 12.5. The first-order valence-electron chi connectivity index (χ1n) is 15.0. The third-order valence-corrected chi connectivity index (χ3v) is 8.94. The molecule has 1 aliphatic rings. The zero-order valence-corrected chi connectivity index (χ0v) is 25.4. The third kappa shape index (κ3) is 6.45. The van der Waals surface area contributed by atoms with Gasteiger partial charge < -0.3 is 15.5 Å². The molecule has 6 heteroatoms. The van der Waals surface area contributed by atoms with E-state index in [0.29, 0.717) is 0 Å². The van der Waals surface area contributed by atoms with Crippen molar-refractivity contribution in [2.75, 3.05) is 0 Å². The Hall–Kier alpha value is -4.71. The van der Waals surface area contributed by atoms with E-state index in [1.54, 1.807) is 20.8 Å². The minimum atomic E-state index is -1.31. The average Bonchev–Trinajstić information content (AvgIpc) is 3.03. The first kappa shape index (κ1) is 30.7. The predicted molar refractivity (Wildman–Crippen MR) is 171 cm³/mol. The van der Waals surface area contributed by atoms with Gasteiger partial charge in [-0.2, -0.15) is 0 Å². The van der Waals surface area contributed by atoms with Crippen LogP contribution in [0.25, 0.3) is 0 Å². The Balaban J connectivity index is 1.53. The molecule has 1 fully saturated rings. The molecule has 4 aromatic carbocycles. The van der Waals surface area contributed by atoms with Crippen LogP contribution < -0.4 is 10.4 Å². The van der Waals surface area contributed by atoms with E-state index in [4.69, 9.17) is 4.99 Å². The average molecular weight is 588 g/mol. The molecular weight excluding hydrogens is 548 g/mol. The number of benzene rings is 4. The van der Waals surface area contributed by atoms with E-state index in [-0.39, 0.29) is 25.2 Å². The van der Waals surface area contributed by atoms with Crippen LogP contribution in [0.4, 0.5) is 0 Å². The monoisotopic (exact) mass is 587 g/mol. The van der Waals surface area contributed by atoms with E-state index in [9.17, 15) is 19.8 Å². The van der Waals surface area contributed by atoms with E-state index in [1.807, 2.05) is 121 Å². The maximum atomic E-state index is 14.3. The normalized spacial score (nSPS) is 23.8. The molecule has 4 aromatic rings. The Morgan fingerprint density at radius 3 is 1.41 bits per heavy atom. The van der Waals surface area contributed by atoms with Gasteiger partial charge in [0, 0.05) is 5.41 Å². The number of hydrogen-bond donors (Lipinski definition) is 2. The quantitative estimate of drug-likeness (QED) is 0.167. The number of carboxylic acids is 1. The molecule has 3 atom stereocenters. The number of carbonyl (C=O) groups is 2. The molecule has 6 nitrogen and oxygen atoms in total. The van der Waals surface area contributed by atoms with Crippen molar-refractivity contribution in [1.82, 2.24) is 5.32 Å². The van der Waals surface area contributed by atoms with Crippen LogP contribution in [-0.2, 0) is 9.59 Å². The summed E-state index contributed by atoms with van der Waals surface area (Å²) in [6, 6.07) is 37.6. The Morgan fingerprint density at radius 1 is 0.636 bits per heavy atom. The van der Waals surface area contributed by atoms with Gasteiger partial charge in [0.25, 0.3) is 0 Å². The van der Waals surface area contributed by atoms with Gasteiger partial charge in [0.05, 0.1) is 17.5 Å². The van der Waals surface area contributed by atoms with Crippen LogP contribution in [0.2, 0.25) is 0 Å². The van der Waals surface area contributed by atoms with Gasteiger partial charge in [-0.15, -0.1) is 0 Å². The first-order valence-corrected chi connectivity index (χ1v) is 15.0. The minimum Gasteiger partial charge on any atom is -0.862 e. The topological polar surface area (TPSA) is 102 Å². The molecule has 5 rings (SSSR count). The molecule has 0 bridgehead atoms. The molecule has 1 saturated carbocycles. The van der Waals surface area contributed by atoms with Crippen molar-refractivity contribution in [2.24, 2.45) is 21.2 Å². The van der Waals surface area contributed by atoms with E-state index in [0.717, 1.165) is 22.3 Å². The summed E-state index contributed by atoms with van der Waals surface area (Å²) >= 11 is 0. The number of nitrogens with one attached hydrogen (secondary N) is 1. The summed E-state index contributed by atoms with van der Waals surface area (Å²) in [4.78, 5) is 31.8. The van der Waals surface area contributed by atoms with Crippen LogP contribution in [0.5, 0.6) is 0 Å². The highest BCUT2D eigenvalue weighted by Crippen LogP contribution is 2.55.